The van der Waals surface area contributed by atoms with Gasteiger partial charge in [-0.1, -0.05) is 32.1 Å². The molecule has 0 radical (unpaired) electrons. The summed E-state index contributed by atoms with van der Waals surface area (Å²) in [6, 6.07) is 0.491. The average molecular weight is 279 g/mol. The van der Waals surface area contributed by atoms with Crippen molar-refractivity contribution in [3.05, 3.63) is 10.6 Å². The van der Waals surface area contributed by atoms with Crippen molar-refractivity contribution < 1.29 is 0 Å². The van der Waals surface area contributed by atoms with Crippen LogP contribution in [-0.4, -0.2) is 25.1 Å². The maximum Gasteiger partial charge on any atom is 0.185 e. The third-order valence-electron chi connectivity index (χ3n) is 4.48. The Hall–Kier alpha value is -0.610. The SMILES string of the molecule is CNC1CC(C)(C)Cc2nc(N3CCC(C)C3)sc21. The number of rotatable bonds is 2. The maximum absolute atomic E-state index is 4.97. The largest absolute Gasteiger partial charge is 0.348 e. The summed E-state index contributed by atoms with van der Waals surface area (Å²) in [5, 5.41) is 4.74. The van der Waals surface area contributed by atoms with E-state index in [-0.39, 0.29) is 0 Å². The molecule has 3 rings (SSSR count). The van der Waals surface area contributed by atoms with Gasteiger partial charge in [-0.2, -0.15) is 0 Å². The lowest BCUT2D eigenvalue weighted by molar-refractivity contribution is 0.265. The fourth-order valence-electron chi connectivity index (χ4n) is 3.40. The van der Waals surface area contributed by atoms with E-state index in [0.29, 0.717) is 11.5 Å². The van der Waals surface area contributed by atoms with Crippen LogP contribution in [0.15, 0.2) is 0 Å². The van der Waals surface area contributed by atoms with Crippen LogP contribution >= 0.6 is 11.3 Å². The monoisotopic (exact) mass is 279 g/mol. The van der Waals surface area contributed by atoms with E-state index in [1.807, 2.05) is 11.3 Å². The molecule has 0 saturated carbocycles. The van der Waals surface area contributed by atoms with Gasteiger partial charge >= 0.3 is 0 Å². The highest BCUT2D eigenvalue weighted by molar-refractivity contribution is 7.15. The van der Waals surface area contributed by atoms with Crippen LogP contribution < -0.4 is 10.2 Å². The zero-order valence-electron chi connectivity index (χ0n) is 12.5. The Balaban J connectivity index is 1.89. The predicted octanol–water partition coefficient (Wildman–Crippen LogP) is 3.22. The standard InChI is InChI=1S/C15H25N3S/c1-10-5-6-18(9-10)14-17-12-8-15(2,3)7-11(16-4)13(12)19-14/h10-11,16H,5-9H2,1-4H3. The number of hydrogen-bond acceptors (Lipinski definition) is 4. The highest BCUT2D eigenvalue weighted by atomic mass is 32.1. The minimum atomic E-state index is 0.365. The molecule has 1 N–H and O–H groups in total. The summed E-state index contributed by atoms with van der Waals surface area (Å²) >= 11 is 1.92. The molecule has 0 amide bonds. The van der Waals surface area contributed by atoms with Gasteiger partial charge in [-0.15, -0.1) is 0 Å². The van der Waals surface area contributed by atoms with Gasteiger partial charge < -0.3 is 10.2 Å². The van der Waals surface area contributed by atoms with Crippen LogP contribution in [0.4, 0.5) is 5.13 Å². The van der Waals surface area contributed by atoms with Gasteiger partial charge in [-0.25, -0.2) is 4.98 Å². The van der Waals surface area contributed by atoms with E-state index < -0.39 is 0 Å². The van der Waals surface area contributed by atoms with Gasteiger partial charge in [-0.05, 0) is 37.6 Å². The van der Waals surface area contributed by atoms with Gasteiger partial charge in [-0.3, -0.25) is 0 Å². The van der Waals surface area contributed by atoms with E-state index in [2.05, 4.69) is 38.0 Å². The molecule has 2 unspecified atom stereocenters. The van der Waals surface area contributed by atoms with Crippen LogP contribution in [0, 0.1) is 11.3 Å². The fraction of sp³-hybridized carbons (Fsp3) is 0.800. The molecule has 19 heavy (non-hydrogen) atoms. The summed E-state index contributed by atoms with van der Waals surface area (Å²) in [5.74, 6) is 0.817. The molecule has 2 heterocycles. The minimum absolute atomic E-state index is 0.365. The number of thiazole rings is 1. The van der Waals surface area contributed by atoms with Crippen LogP contribution in [-0.2, 0) is 6.42 Å². The molecule has 1 aliphatic heterocycles. The second-order valence-corrected chi connectivity index (χ2v) is 8.04. The molecule has 0 spiro atoms. The van der Waals surface area contributed by atoms with Crippen LogP contribution in [0.3, 0.4) is 0 Å². The topological polar surface area (TPSA) is 28.2 Å². The molecule has 0 aromatic carbocycles. The number of anilines is 1. The summed E-state index contributed by atoms with van der Waals surface area (Å²) in [6.07, 6.45) is 3.65. The van der Waals surface area contributed by atoms with Crippen molar-refractivity contribution in [1.82, 2.24) is 10.3 Å². The highest BCUT2D eigenvalue weighted by Gasteiger charge is 2.35. The van der Waals surface area contributed by atoms with Gasteiger partial charge in [0.05, 0.1) is 5.69 Å². The third-order valence-corrected chi connectivity index (χ3v) is 5.75. The lowest BCUT2D eigenvalue weighted by Crippen LogP contribution is -2.30. The van der Waals surface area contributed by atoms with E-state index in [1.165, 1.54) is 41.6 Å². The van der Waals surface area contributed by atoms with E-state index in [1.54, 1.807) is 0 Å². The van der Waals surface area contributed by atoms with E-state index in [0.717, 1.165) is 12.3 Å². The van der Waals surface area contributed by atoms with Gasteiger partial charge in [0.15, 0.2) is 5.13 Å². The molecule has 3 nitrogen and oxygen atoms in total. The Morgan fingerprint density at radius 3 is 2.84 bits per heavy atom. The highest BCUT2D eigenvalue weighted by Crippen LogP contribution is 2.45. The first-order chi connectivity index (χ1) is 8.98. The molecule has 0 bridgehead atoms. The second kappa shape index (κ2) is 4.74. The molecule has 1 aromatic heterocycles. The van der Waals surface area contributed by atoms with Gasteiger partial charge in [0, 0.05) is 24.0 Å². The Morgan fingerprint density at radius 1 is 1.42 bits per heavy atom. The average Bonchev–Trinajstić information content (AvgIpc) is 2.92. The molecular formula is C15H25N3S. The summed E-state index contributed by atoms with van der Waals surface area (Å²) in [4.78, 5) is 8.93. The molecule has 1 fully saturated rings. The first-order valence-corrected chi connectivity index (χ1v) is 8.22. The van der Waals surface area contributed by atoms with E-state index in [9.17, 15) is 0 Å². The molecule has 2 aliphatic rings. The normalized spacial score (nSPS) is 29.6. The Morgan fingerprint density at radius 2 is 2.21 bits per heavy atom. The molecule has 1 aliphatic carbocycles. The Kier molecular flexibility index (Phi) is 3.34. The molecule has 1 saturated heterocycles. The van der Waals surface area contributed by atoms with Crippen LogP contribution in [0.2, 0.25) is 0 Å². The Labute approximate surface area is 120 Å². The number of fused-ring (bicyclic) bond motifs is 1. The lowest BCUT2D eigenvalue weighted by Gasteiger charge is -2.34. The van der Waals surface area contributed by atoms with E-state index in [4.69, 9.17) is 4.98 Å². The predicted molar refractivity (Wildman–Crippen MR) is 82.0 cm³/mol. The molecular weight excluding hydrogens is 254 g/mol. The first-order valence-electron chi connectivity index (χ1n) is 7.40. The summed E-state index contributed by atoms with van der Waals surface area (Å²) in [6.45, 7) is 9.42. The first kappa shape index (κ1) is 13.4. The smallest absolute Gasteiger partial charge is 0.185 e. The van der Waals surface area contributed by atoms with Gasteiger partial charge in [0.1, 0.15) is 0 Å². The van der Waals surface area contributed by atoms with Crippen molar-refractivity contribution in [2.75, 3.05) is 25.0 Å². The zero-order chi connectivity index (χ0) is 13.6. The summed E-state index contributed by atoms with van der Waals surface area (Å²) in [5.41, 5.74) is 1.71. The van der Waals surface area contributed by atoms with Crippen molar-refractivity contribution in [3.8, 4) is 0 Å². The fourth-order valence-corrected chi connectivity index (χ4v) is 4.62. The lowest BCUT2D eigenvalue weighted by atomic mass is 9.76. The number of aromatic nitrogens is 1. The van der Waals surface area contributed by atoms with Gasteiger partial charge in [0.25, 0.3) is 0 Å². The zero-order valence-corrected chi connectivity index (χ0v) is 13.3. The van der Waals surface area contributed by atoms with Crippen LogP contribution in [0.25, 0.3) is 0 Å². The van der Waals surface area contributed by atoms with Gasteiger partial charge in [0.2, 0.25) is 0 Å². The third kappa shape index (κ3) is 2.52. The molecule has 4 heteroatoms. The number of nitrogens with zero attached hydrogens (tertiary/aromatic N) is 2. The van der Waals surface area contributed by atoms with Crippen molar-refractivity contribution in [1.29, 1.82) is 0 Å². The number of nitrogens with one attached hydrogen (secondary N) is 1. The molecule has 106 valence electrons. The van der Waals surface area contributed by atoms with Crippen molar-refractivity contribution >= 4 is 16.5 Å². The quantitative estimate of drug-likeness (QED) is 0.901. The second-order valence-electron chi connectivity index (χ2n) is 7.03. The molecule has 1 aromatic rings. The van der Waals surface area contributed by atoms with Crippen LogP contribution in [0.5, 0.6) is 0 Å². The van der Waals surface area contributed by atoms with Crippen molar-refractivity contribution in [2.45, 2.75) is 46.1 Å². The van der Waals surface area contributed by atoms with Crippen molar-refractivity contribution in [2.24, 2.45) is 11.3 Å². The number of hydrogen-bond donors (Lipinski definition) is 1. The van der Waals surface area contributed by atoms with E-state index >= 15 is 0 Å². The molecule has 2 atom stereocenters. The van der Waals surface area contributed by atoms with Crippen LogP contribution in [0.1, 0.15) is 50.2 Å². The van der Waals surface area contributed by atoms with Crippen molar-refractivity contribution in [3.63, 3.8) is 0 Å². The minimum Gasteiger partial charge on any atom is -0.348 e. The summed E-state index contributed by atoms with van der Waals surface area (Å²) < 4.78 is 0. The summed E-state index contributed by atoms with van der Waals surface area (Å²) in [7, 11) is 2.08. The Bertz CT molecular complexity index is 466. The maximum atomic E-state index is 4.97.